The Hall–Kier alpha value is -2.70. The van der Waals surface area contributed by atoms with E-state index >= 15 is 0 Å². The highest BCUT2D eigenvalue weighted by Gasteiger charge is 2.10. The molecule has 7 nitrogen and oxygen atoms in total. The number of aryl methyl sites for hydroxylation is 1. The summed E-state index contributed by atoms with van der Waals surface area (Å²) >= 11 is 0. The van der Waals surface area contributed by atoms with E-state index in [9.17, 15) is 14.9 Å². The second kappa shape index (κ2) is 5.52. The highest BCUT2D eigenvalue weighted by molar-refractivity contribution is 5.94. The van der Waals surface area contributed by atoms with Crippen LogP contribution in [0.5, 0.6) is 0 Å². The van der Waals surface area contributed by atoms with Gasteiger partial charge in [-0.15, -0.1) is 0 Å². The van der Waals surface area contributed by atoms with Crippen LogP contribution >= 0.6 is 0 Å². The van der Waals surface area contributed by atoms with Crippen molar-refractivity contribution in [1.82, 2.24) is 15.1 Å². The van der Waals surface area contributed by atoms with E-state index in [1.54, 1.807) is 10.9 Å². The van der Waals surface area contributed by atoms with Crippen LogP contribution < -0.4 is 5.32 Å². The molecule has 0 aliphatic rings. The zero-order valence-corrected chi connectivity index (χ0v) is 11.2. The van der Waals surface area contributed by atoms with Crippen molar-refractivity contribution in [2.24, 2.45) is 7.05 Å². The maximum absolute atomic E-state index is 11.9. The third-order valence-electron chi connectivity index (χ3n) is 3.12. The summed E-state index contributed by atoms with van der Waals surface area (Å²) in [5.41, 5.74) is 2.26. The molecule has 1 amide bonds. The number of aromatic nitrogens is 2. The van der Waals surface area contributed by atoms with Crippen molar-refractivity contribution < 1.29 is 9.72 Å². The second-order valence-corrected chi connectivity index (χ2v) is 4.37. The van der Waals surface area contributed by atoms with Crippen LogP contribution in [0.3, 0.4) is 0 Å². The van der Waals surface area contributed by atoms with Gasteiger partial charge in [-0.1, -0.05) is 0 Å². The Kier molecular flexibility index (Phi) is 3.79. The van der Waals surface area contributed by atoms with E-state index in [-0.39, 0.29) is 11.6 Å². The van der Waals surface area contributed by atoms with Gasteiger partial charge in [-0.25, -0.2) is 0 Å². The van der Waals surface area contributed by atoms with Crippen LogP contribution in [0, 0.1) is 17.0 Å². The van der Waals surface area contributed by atoms with Gasteiger partial charge in [0.05, 0.1) is 11.1 Å². The number of non-ortho nitro benzene ring substituents is 1. The van der Waals surface area contributed by atoms with E-state index in [4.69, 9.17) is 0 Å². The highest BCUT2D eigenvalue weighted by Crippen LogP contribution is 2.12. The number of benzene rings is 1. The third-order valence-corrected chi connectivity index (χ3v) is 3.12. The van der Waals surface area contributed by atoms with Crippen LogP contribution in [0.2, 0.25) is 0 Å². The van der Waals surface area contributed by atoms with Crippen LogP contribution in [-0.2, 0) is 13.6 Å². The fourth-order valence-corrected chi connectivity index (χ4v) is 1.73. The maximum Gasteiger partial charge on any atom is 0.269 e. The van der Waals surface area contributed by atoms with Crippen LogP contribution in [0.15, 0.2) is 30.5 Å². The molecule has 1 N–H and O–H groups in total. The Morgan fingerprint density at radius 2 is 2.05 bits per heavy atom. The van der Waals surface area contributed by atoms with Gasteiger partial charge in [0.25, 0.3) is 11.6 Å². The molecule has 0 radical (unpaired) electrons. The summed E-state index contributed by atoms with van der Waals surface area (Å²) in [6.07, 6.45) is 1.70. The van der Waals surface area contributed by atoms with E-state index in [1.807, 2.05) is 14.0 Å². The van der Waals surface area contributed by atoms with E-state index in [2.05, 4.69) is 10.4 Å². The maximum atomic E-state index is 11.9. The predicted molar refractivity (Wildman–Crippen MR) is 72.2 cm³/mol. The summed E-state index contributed by atoms with van der Waals surface area (Å²) < 4.78 is 1.73. The average molecular weight is 274 g/mol. The molecule has 0 spiro atoms. The highest BCUT2D eigenvalue weighted by atomic mass is 16.6. The SMILES string of the molecule is Cc1c(CNC(=O)c2ccc([N+](=O)[O-])cc2)cnn1C. The molecule has 1 aromatic carbocycles. The Morgan fingerprint density at radius 1 is 1.40 bits per heavy atom. The number of nitro groups is 1. The zero-order valence-electron chi connectivity index (χ0n) is 11.2. The molecule has 7 heteroatoms. The standard InChI is InChI=1S/C13H14N4O3/c1-9-11(8-15-16(9)2)7-14-13(18)10-3-5-12(6-4-10)17(19)20/h3-6,8H,7H2,1-2H3,(H,14,18). The number of amides is 1. The molecule has 1 aromatic heterocycles. The van der Waals surface area contributed by atoms with Gasteiger partial charge in [-0.05, 0) is 19.1 Å². The first-order valence-corrected chi connectivity index (χ1v) is 5.99. The number of nitrogens with one attached hydrogen (secondary N) is 1. The second-order valence-electron chi connectivity index (χ2n) is 4.37. The van der Waals surface area contributed by atoms with Gasteiger partial charge in [0.15, 0.2) is 0 Å². The molecule has 0 unspecified atom stereocenters. The van der Waals surface area contributed by atoms with Crippen molar-refractivity contribution in [3.8, 4) is 0 Å². The van der Waals surface area contributed by atoms with Gasteiger partial charge in [-0.2, -0.15) is 5.10 Å². The van der Waals surface area contributed by atoms with Gasteiger partial charge < -0.3 is 5.32 Å². The quantitative estimate of drug-likeness (QED) is 0.676. The van der Waals surface area contributed by atoms with Crippen LogP contribution in [-0.4, -0.2) is 20.6 Å². The Morgan fingerprint density at radius 3 is 2.55 bits per heavy atom. The first-order valence-electron chi connectivity index (χ1n) is 5.99. The molecular weight excluding hydrogens is 260 g/mol. The number of nitro benzene ring substituents is 1. The van der Waals surface area contributed by atoms with Gasteiger partial charge in [-0.3, -0.25) is 19.6 Å². The van der Waals surface area contributed by atoms with Crippen molar-refractivity contribution in [2.75, 3.05) is 0 Å². The normalized spacial score (nSPS) is 10.3. The van der Waals surface area contributed by atoms with Crippen molar-refractivity contribution >= 4 is 11.6 Å². The first kappa shape index (κ1) is 13.7. The minimum Gasteiger partial charge on any atom is -0.348 e. The number of hydrogen-bond acceptors (Lipinski definition) is 4. The van der Waals surface area contributed by atoms with E-state index in [0.29, 0.717) is 12.1 Å². The van der Waals surface area contributed by atoms with Crippen molar-refractivity contribution in [3.63, 3.8) is 0 Å². The van der Waals surface area contributed by atoms with Crippen LogP contribution in [0.4, 0.5) is 5.69 Å². The van der Waals surface area contributed by atoms with Crippen molar-refractivity contribution in [3.05, 3.63) is 57.4 Å². The van der Waals surface area contributed by atoms with Gasteiger partial charge >= 0.3 is 0 Å². The molecule has 0 aliphatic heterocycles. The van der Waals surface area contributed by atoms with Crippen molar-refractivity contribution in [2.45, 2.75) is 13.5 Å². The largest absolute Gasteiger partial charge is 0.348 e. The Balaban J connectivity index is 2.01. The summed E-state index contributed by atoms with van der Waals surface area (Å²) in [5, 5.41) is 17.4. The Bertz CT molecular complexity index is 646. The fourth-order valence-electron chi connectivity index (χ4n) is 1.73. The minimum atomic E-state index is -0.499. The average Bonchev–Trinajstić information content (AvgIpc) is 2.76. The zero-order chi connectivity index (χ0) is 14.7. The monoisotopic (exact) mass is 274 g/mol. The molecule has 2 aromatic rings. The predicted octanol–water partition coefficient (Wildman–Crippen LogP) is 1.57. The number of carbonyl (C=O) groups excluding carboxylic acids is 1. The number of carbonyl (C=O) groups is 1. The smallest absolute Gasteiger partial charge is 0.269 e. The first-order chi connectivity index (χ1) is 9.49. The summed E-state index contributed by atoms with van der Waals surface area (Å²) in [6.45, 7) is 2.29. The number of rotatable bonds is 4. The summed E-state index contributed by atoms with van der Waals surface area (Å²) in [6, 6.07) is 5.49. The van der Waals surface area contributed by atoms with Crippen molar-refractivity contribution in [1.29, 1.82) is 0 Å². The lowest BCUT2D eigenvalue weighted by atomic mass is 10.2. The molecule has 104 valence electrons. The molecule has 20 heavy (non-hydrogen) atoms. The van der Waals surface area contributed by atoms with Crippen LogP contribution in [0.1, 0.15) is 21.6 Å². The topological polar surface area (TPSA) is 90.1 Å². The molecule has 0 fully saturated rings. The van der Waals surface area contributed by atoms with E-state index in [1.165, 1.54) is 24.3 Å². The van der Waals surface area contributed by atoms with Crippen LogP contribution in [0.25, 0.3) is 0 Å². The molecule has 0 saturated heterocycles. The lowest BCUT2D eigenvalue weighted by Gasteiger charge is -2.05. The lowest BCUT2D eigenvalue weighted by molar-refractivity contribution is -0.384. The Labute approximate surface area is 115 Å². The molecular formula is C13H14N4O3. The summed E-state index contributed by atoms with van der Waals surface area (Å²) in [4.78, 5) is 21.9. The third kappa shape index (κ3) is 2.82. The summed E-state index contributed by atoms with van der Waals surface area (Å²) in [5.74, 6) is -0.275. The molecule has 2 rings (SSSR count). The number of nitrogens with zero attached hydrogens (tertiary/aromatic N) is 3. The lowest BCUT2D eigenvalue weighted by Crippen LogP contribution is -2.23. The molecule has 0 aliphatic carbocycles. The van der Waals surface area contributed by atoms with Gasteiger partial charge in [0, 0.05) is 42.5 Å². The number of hydrogen-bond donors (Lipinski definition) is 1. The van der Waals surface area contributed by atoms with Gasteiger partial charge in [0.2, 0.25) is 0 Å². The molecule has 0 bridgehead atoms. The molecule has 0 saturated carbocycles. The fraction of sp³-hybridized carbons (Fsp3) is 0.231. The van der Waals surface area contributed by atoms with E-state index in [0.717, 1.165) is 11.3 Å². The van der Waals surface area contributed by atoms with E-state index < -0.39 is 4.92 Å². The molecule has 0 atom stereocenters. The summed E-state index contributed by atoms with van der Waals surface area (Å²) in [7, 11) is 1.83. The minimum absolute atomic E-state index is 0.0374. The van der Waals surface area contributed by atoms with Gasteiger partial charge in [0.1, 0.15) is 0 Å². The molecule has 1 heterocycles.